The first-order valence-electron chi connectivity index (χ1n) is 7.65. The van der Waals surface area contributed by atoms with Crippen LogP contribution in [0.15, 0.2) is 29.6 Å². The fourth-order valence-corrected chi connectivity index (χ4v) is 3.26. The molecule has 0 unspecified atom stereocenters. The van der Waals surface area contributed by atoms with Gasteiger partial charge in [0.05, 0.1) is 0 Å². The van der Waals surface area contributed by atoms with Crippen LogP contribution in [0, 0.1) is 5.82 Å². The van der Waals surface area contributed by atoms with Crippen LogP contribution in [0.5, 0.6) is 0 Å². The number of hydrogen-bond donors (Lipinski definition) is 2. The highest BCUT2D eigenvalue weighted by Crippen LogP contribution is 2.23. The highest BCUT2D eigenvalue weighted by molar-refractivity contribution is 7.13. The molecule has 2 aromatic rings. The first-order valence-corrected chi connectivity index (χ1v) is 8.53. The Kier molecular flexibility index (Phi) is 9.31. The van der Waals surface area contributed by atoms with E-state index >= 15 is 0 Å². The van der Waals surface area contributed by atoms with E-state index < -0.39 is 0 Å². The molecule has 1 fully saturated rings. The van der Waals surface area contributed by atoms with Crippen molar-refractivity contribution < 1.29 is 9.18 Å². The summed E-state index contributed by atoms with van der Waals surface area (Å²) in [6, 6.07) is 6.12. The maximum absolute atomic E-state index is 12.9. The lowest BCUT2D eigenvalue weighted by molar-refractivity contribution is 0.0943. The van der Waals surface area contributed by atoms with Gasteiger partial charge in [-0.1, -0.05) is 0 Å². The Hall–Kier alpha value is -1.25. The Morgan fingerprint density at radius 1 is 1.24 bits per heavy atom. The molecule has 0 spiro atoms. The summed E-state index contributed by atoms with van der Waals surface area (Å²) in [7, 11) is 0. The van der Waals surface area contributed by atoms with E-state index in [0.717, 1.165) is 43.3 Å². The monoisotopic (exact) mass is 406 g/mol. The number of hydrogen-bond acceptors (Lipinski definition) is 5. The zero-order chi connectivity index (χ0) is 16.1. The van der Waals surface area contributed by atoms with Gasteiger partial charge in [-0.25, -0.2) is 9.37 Å². The molecule has 1 aromatic carbocycles. The van der Waals surface area contributed by atoms with E-state index in [1.54, 1.807) is 17.5 Å². The smallest absolute Gasteiger partial charge is 0.270 e. The van der Waals surface area contributed by atoms with Crippen LogP contribution >= 0.6 is 36.2 Å². The Morgan fingerprint density at radius 3 is 2.60 bits per heavy atom. The van der Waals surface area contributed by atoms with E-state index in [1.165, 1.54) is 23.5 Å². The molecule has 2 N–H and O–H groups in total. The van der Waals surface area contributed by atoms with Crippen molar-refractivity contribution in [2.45, 2.75) is 0 Å². The molecule has 1 aliphatic rings. The van der Waals surface area contributed by atoms with Crippen LogP contribution in [0.4, 0.5) is 4.39 Å². The fourth-order valence-electron chi connectivity index (χ4n) is 2.46. The molecular formula is C16H21Cl2FN4OS. The van der Waals surface area contributed by atoms with Crippen LogP contribution in [0.1, 0.15) is 10.5 Å². The van der Waals surface area contributed by atoms with Crippen molar-refractivity contribution in [2.75, 3.05) is 39.3 Å². The molecule has 1 amide bonds. The number of carbonyl (C=O) groups is 1. The number of halogens is 3. The number of benzene rings is 1. The molecule has 0 radical (unpaired) electrons. The van der Waals surface area contributed by atoms with Crippen molar-refractivity contribution in [1.82, 2.24) is 20.5 Å². The van der Waals surface area contributed by atoms with Gasteiger partial charge in [0.2, 0.25) is 0 Å². The van der Waals surface area contributed by atoms with Crippen molar-refractivity contribution in [1.29, 1.82) is 0 Å². The van der Waals surface area contributed by atoms with Crippen molar-refractivity contribution in [2.24, 2.45) is 0 Å². The summed E-state index contributed by atoms with van der Waals surface area (Å²) in [5, 5.41) is 8.66. The summed E-state index contributed by atoms with van der Waals surface area (Å²) in [4.78, 5) is 18.8. The van der Waals surface area contributed by atoms with Crippen molar-refractivity contribution in [3.05, 3.63) is 41.2 Å². The minimum absolute atomic E-state index is 0. The summed E-state index contributed by atoms with van der Waals surface area (Å²) in [5.41, 5.74) is 1.23. The fraction of sp³-hybridized carbons (Fsp3) is 0.375. The number of aromatic nitrogens is 1. The van der Waals surface area contributed by atoms with Gasteiger partial charge < -0.3 is 10.6 Å². The molecule has 25 heavy (non-hydrogen) atoms. The minimum atomic E-state index is -0.281. The maximum atomic E-state index is 12.9. The van der Waals surface area contributed by atoms with E-state index in [1.807, 2.05) is 0 Å². The lowest BCUT2D eigenvalue weighted by Crippen LogP contribution is -2.46. The van der Waals surface area contributed by atoms with Crippen LogP contribution in [0.3, 0.4) is 0 Å². The van der Waals surface area contributed by atoms with Gasteiger partial charge in [-0.3, -0.25) is 9.69 Å². The molecule has 2 heterocycles. The van der Waals surface area contributed by atoms with Crippen LogP contribution in [-0.4, -0.2) is 55.1 Å². The van der Waals surface area contributed by atoms with E-state index in [4.69, 9.17) is 0 Å². The third-order valence-corrected chi connectivity index (χ3v) is 4.64. The average Bonchev–Trinajstić information content (AvgIpc) is 3.06. The molecule has 0 aliphatic carbocycles. The normalized spacial score (nSPS) is 14.3. The van der Waals surface area contributed by atoms with Gasteiger partial charge in [-0.05, 0) is 24.3 Å². The van der Waals surface area contributed by atoms with Gasteiger partial charge >= 0.3 is 0 Å². The highest BCUT2D eigenvalue weighted by atomic mass is 35.5. The number of amides is 1. The van der Waals surface area contributed by atoms with Gasteiger partial charge in [0.1, 0.15) is 16.5 Å². The molecule has 3 rings (SSSR count). The standard InChI is InChI=1S/C16H19FN4OS.2ClH/c17-13-3-1-12(2-4-13)16-20-14(11-23-16)15(22)19-7-10-21-8-5-18-6-9-21;;/h1-4,11,18H,5-10H2,(H,19,22);2*1H. The third-order valence-electron chi connectivity index (χ3n) is 3.75. The third kappa shape index (κ3) is 6.20. The number of carbonyl (C=O) groups excluding carboxylic acids is 1. The molecule has 0 bridgehead atoms. The second-order valence-corrected chi connectivity index (χ2v) is 6.25. The van der Waals surface area contributed by atoms with Crippen molar-refractivity contribution >= 4 is 42.1 Å². The Balaban J connectivity index is 0.00000156. The first-order chi connectivity index (χ1) is 11.2. The molecule has 5 nitrogen and oxygen atoms in total. The van der Waals surface area contributed by atoms with Crippen molar-refractivity contribution in [3.8, 4) is 10.6 Å². The van der Waals surface area contributed by atoms with E-state index in [-0.39, 0.29) is 36.5 Å². The van der Waals surface area contributed by atoms with Crippen LogP contribution < -0.4 is 10.6 Å². The van der Waals surface area contributed by atoms with E-state index in [2.05, 4.69) is 20.5 Å². The lowest BCUT2D eigenvalue weighted by atomic mass is 10.2. The number of rotatable bonds is 5. The summed E-state index contributed by atoms with van der Waals surface area (Å²) in [5.74, 6) is -0.444. The topological polar surface area (TPSA) is 57.3 Å². The van der Waals surface area contributed by atoms with Crippen LogP contribution in [0.2, 0.25) is 0 Å². The molecule has 1 saturated heterocycles. The van der Waals surface area contributed by atoms with Gasteiger partial charge in [-0.15, -0.1) is 36.2 Å². The van der Waals surface area contributed by atoms with Gasteiger partial charge in [0.25, 0.3) is 5.91 Å². The summed E-state index contributed by atoms with van der Waals surface area (Å²) in [6.45, 7) is 5.50. The second-order valence-electron chi connectivity index (χ2n) is 5.39. The van der Waals surface area contributed by atoms with Gasteiger partial charge in [0, 0.05) is 50.2 Å². The number of piperazine rings is 1. The molecule has 1 aromatic heterocycles. The molecule has 1 aliphatic heterocycles. The predicted molar refractivity (Wildman–Crippen MR) is 104 cm³/mol. The van der Waals surface area contributed by atoms with E-state index in [9.17, 15) is 9.18 Å². The Bertz CT molecular complexity index is 662. The molecule has 0 atom stereocenters. The number of nitrogens with zero attached hydrogens (tertiary/aromatic N) is 2. The van der Waals surface area contributed by atoms with Gasteiger partial charge in [-0.2, -0.15) is 0 Å². The zero-order valence-electron chi connectivity index (χ0n) is 13.5. The molecular weight excluding hydrogens is 386 g/mol. The maximum Gasteiger partial charge on any atom is 0.270 e. The number of thiazole rings is 1. The summed E-state index contributed by atoms with van der Waals surface area (Å²) in [6.07, 6.45) is 0. The van der Waals surface area contributed by atoms with Crippen molar-refractivity contribution in [3.63, 3.8) is 0 Å². The second kappa shape index (κ2) is 10.7. The first kappa shape index (κ1) is 21.8. The van der Waals surface area contributed by atoms with Crippen LogP contribution in [0.25, 0.3) is 10.6 Å². The largest absolute Gasteiger partial charge is 0.349 e. The minimum Gasteiger partial charge on any atom is -0.349 e. The highest BCUT2D eigenvalue weighted by Gasteiger charge is 2.13. The summed E-state index contributed by atoms with van der Waals surface area (Å²) < 4.78 is 12.9. The predicted octanol–water partition coefficient (Wildman–Crippen LogP) is 2.43. The molecule has 9 heteroatoms. The average molecular weight is 407 g/mol. The zero-order valence-corrected chi connectivity index (χ0v) is 16.0. The lowest BCUT2D eigenvalue weighted by Gasteiger charge is -2.26. The Morgan fingerprint density at radius 2 is 1.92 bits per heavy atom. The van der Waals surface area contributed by atoms with Gasteiger partial charge in [0.15, 0.2) is 0 Å². The SMILES string of the molecule is Cl.Cl.O=C(NCCN1CCNCC1)c1csc(-c2ccc(F)cc2)n1. The molecule has 0 saturated carbocycles. The molecule has 138 valence electrons. The summed E-state index contributed by atoms with van der Waals surface area (Å²) >= 11 is 1.39. The quantitative estimate of drug-likeness (QED) is 0.800. The van der Waals surface area contributed by atoms with E-state index in [0.29, 0.717) is 12.2 Å². The Labute approximate surface area is 162 Å². The van der Waals surface area contributed by atoms with Crippen LogP contribution in [-0.2, 0) is 0 Å². The number of nitrogens with one attached hydrogen (secondary N) is 2.